The maximum Gasteiger partial charge on any atom is 0.416 e. The highest BCUT2D eigenvalue weighted by atomic mass is 19.4. The van der Waals surface area contributed by atoms with Crippen LogP contribution in [0, 0.1) is 0 Å². The molecule has 4 nitrogen and oxygen atoms in total. The quantitative estimate of drug-likeness (QED) is 0.628. The summed E-state index contributed by atoms with van der Waals surface area (Å²) in [5.74, 6) is -0.511. The Hall–Kier alpha value is -3.09. The van der Waals surface area contributed by atoms with E-state index < -0.39 is 17.6 Å². The molecule has 1 heterocycles. The molecule has 7 heteroatoms. The number of anilines is 1. The monoisotopic (exact) mass is 401 g/mol. The van der Waals surface area contributed by atoms with Gasteiger partial charge in [-0.3, -0.25) is 9.48 Å². The fourth-order valence-corrected chi connectivity index (χ4v) is 2.81. The predicted molar refractivity (Wildman–Crippen MR) is 106 cm³/mol. The van der Waals surface area contributed by atoms with Crippen LogP contribution in [0.5, 0.6) is 0 Å². The minimum atomic E-state index is -4.48. The van der Waals surface area contributed by atoms with Gasteiger partial charge in [-0.05, 0) is 29.8 Å². The summed E-state index contributed by atoms with van der Waals surface area (Å²) < 4.78 is 40.4. The predicted octanol–water partition coefficient (Wildman–Crippen LogP) is 5.50. The smallest absolute Gasteiger partial charge is 0.321 e. The fourth-order valence-electron chi connectivity index (χ4n) is 2.81. The number of nitrogens with zero attached hydrogens (tertiary/aromatic N) is 2. The number of aromatic nitrogens is 2. The van der Waals surface area contributed by atoms with Gasteiger partial charge in [0.05, 0.1) is 17.8 Å². The van der Waals surface area contributed by atoms with E-state index in [2.05, 4.69) is 10.4 Å². The number of hydrogen-bond acceptors (Lipinski definition) is 2. The van der Waals surface area contributed by atoms with Gasteiger partial charge in [-0.25, -0.2) is 0 Å². The molecule has 3 rings (SSSR count). The number of amides is 1. The highest BCUT2D eigenvalue weighted by Gasteiger charge is 2.30. The van der Waals surface area contributed by atoms with Gasteiger partial charge in [0.25, 0.3) is 5.91 Å². The molecule has 0 saturated heterocycles. The largest absolute Gasteiger partial charge is 0.416 e. The van der Waals surface area contributed by atoms with Gasteiger partial charge in [0.15, 0.2) is 0 Å². The molecule has 0 fully saturated rings. The Morgan fingerprint density at radius 1 is 1.00 bits per heavy atom. The number of nitrogens with one attached hydrogen (secondary N) is 1. The summed E-state index contributed by atoms with van der Waals surface area (Å²) >= 11 is 0. The number of carbonyl (C=O) groups excluding carboxylic acids is 1. The van der Waals surface area contributed by atoms with E-state index in [0.29, 0.717) is 6.54 Å². The van der Waals surface area contributed by atoms with Gasteiger partial charge in [0, 0.05) is 11.1 Å². The number of halogens is 3. The maximum atomic E-state index is 12.9. The van der Waals surface area contributed by atoms with Crippen molar-refractivity contribution in [2.75, 3.05) is 5.32 Å². The van der Waals surface area contributed by atoms with Crippen molar-refractivity contribution in [1.82, 2.24) is 9.78 Å². The molecule has 1 N–H and O–H groups in total. The van der Waals surface area contributed by atoms with E-state index in [-0.39, 0.29) is 16.8 Å². The molecule has 3 aromatic rings. The molecule has 0 bridgehead atoms. The van der Waals surface area contributed by atoms with E-state index >= 15 is 0 Å². The minimum absolute atomic E-state index is 0.0783. The number of carbonyl (C=O) groups is 1. The first-order chi connectivity index (χ1) is 13.5. The van der Waals surface area contributed by atoms with Crippen LogP contribution in [0.15, 0.2) is 60.7 Å². The molecule has 0 aliphatic carbocycles. The van der Waals surface area contributed by atoms with Crippen LogP contribution in [0.4, 0.5) is 18.9 Å². The van der Waals surface area contributed by atoms with Crippen LogP contribution in [0.2, 0.25) is 0 Å². The highest BCUT2D eigenvalue weighted by molar-refractivity contribution is 6.03. The first-order valence-electron chi connectivity index (χ1n) is 9.15. The van der Waals surface area contributed by atoms with Crippen molar-refractivity contribution in [1.29, 1.82) is 0 Å². The lowest BCUT2D eigenvalue weighted by Gasteiger charge is -2.14. The summed E-state index contributed by atoms with van der Waals surface area (Å²) in [4.78, 5) is 12.9. The van der Waals surface area contributed by atoms with Crippen LogP contribution in [-0.4, -0.2) is 15.7 Å². The van der Waals surface area contributed by atoms with Crippen LogP contribution in [-0.2, 0) is 18.1 Å². The second-order valence-corrected chi connectivity index (χ2v) is 7.84. The Bertz CT molecular complexity index is 1000. The molecular formula is C22H22F3N3O. The third-order valence-corrected chi connectivity index (χ3v) is 4.40. The molecule has 0 aliphatic heterocycles. The maximum absolute atomic E-state index is 12.9. The Balaban J connectivity index is 1.92. The van der Waals surface area contributed by atoms with Gasteiger partial charge in [0.2, 0.25) is 0 Å². The minimum Gasteiger partial charge on any atom is -0.321 e. The first kappa shape index (κ1) is 20.6. The normalized spacial score (nSPS) is 12.1. The van der Waals surface area contributed by atoms with Crippen molar-refractivity contribution in [3.63, 3.8) is 0 Å². The summed E-state index contributed by atoms with van der Waals surface area (Å²) in [5, 5.41) is 7.13. The van der Waals surface area contributed by atoms with E-state index in [9.17, 15) is 18.0 Å². The fraction of sp³-hybridized carbons (Fsp3) is 0.273. The van der Waals surface area contributed by atoms with Crippen molar-refractivity contribution in [2.45, 2.75) is 38.9 Å². The second kappa shape index (κ2) is 7.73. The molecule has 0 atom stereocenters. The van der Waals surface area contributed by atoms with Crippen LogP contribution >= 0.6 is 0 Å². The number of hydrogen-bond donors (Lipinski definition) is 1. The molecule has 0 aliphatic rings. The molecule has 1 amide bonds. The van der Waals surface area contributed by atoms with Gasteiger partial charge in [-0.2, -0.15) is 18.3 Å². The van der Waals surface area contributed by atoms with Crippen molar-refractivity contribution in [3.8, 4) is 0 Å². The Morgan fingerprint density at radius 3 is 2.31 bits per heavy atom. The van der Waals surface area contributed by atoms with E-state index in [0.717, 1.165) is 23.4 Å². The zero-order chi connectivity index (χ0) is 21.2. The zero-order valence-electron chi connectivity index (χ0n) is 16.4. The van der Waals surface area contributed by atoms with Crippen LogP contribution in [0.3, 0.4) is 0 Å². The third-order valence-electron chi connectivity index (χ3n) is 4.40. The average Bonchev–Trinajstić information content (AvgIpc) is 3.06. The molecule has 29 heavy (non-hydrogen) atoms. The Labute approximate surface area is 167 Å². The average molecular weight is 401 g/mol. The van der Waals surface area contributed by atoms with E-state index in [1.54, 1.807) is 10.7 Å². The van der Waals surface area contributed by atoms with Crippen molar-refractivity contribution in [2.24, 2.45) is 0 Å². The van der Waals surface area contributed by atoms with Crippen LogP contribution in [0.25, 0.3) is 0 Å². The summed E-state index contributed by atoms with van der Waals surface area (Å²) in [7, 11) is 0. The Morgan fingerprint density at radius 2 is 1.69 bits per heavy atom. The topological polar surface area (TPSA) is 46.9 Å². The van der Waals surface area contributed by atoms with E-state index in [1.165, 1.54) is 12.1 Å². The second-order valence-electron chi connectivity index (χ2n) is 7.84. The van der Waals surface area contributed by atoms with Crippen molar-refractivity contribution < 1.29 is 18.0 Å². The summed E-state index contributed by atoms with van der Waals surface area (Å²) in [6.07, 6.45) is -4.48. The lowest BCUT2D eigenvalue weighted by atomic mass is 9.92. The number of rotatable bonds is 4. The number of alkyl halides is 3. The van der Waals surface area contributed by atoms with Crippen molar-refractivity contribution >= 4 is 11.6 Å². The lowest BCUT2D eigenvalue weighted by molar-refractivity contribution is -0.137. The van der Waals surface area contributed by atoms with Gasteiger partial charge < -0.3 is 5.32 Å². The zero-order valence-corrected chi connectivity index (χ0v) is 16.4. The van der Waals surface area contributed by atoms with Crippen LogP contribution < -0.4 is 5.32 Å². The van der Waals surface area contributed by atoms with Gasteiger partial charge in [-0.1, -0.05) is 57.2 Å². The molecule has 1 aromatic heterocycles. The molecule has 0 unspecified atom stereocenters. The van der Waals surface area contributed by atoms with Crippen LogP contribution in [0.1, 0.15) is 48.1 Å². The molecule has 152 valence electrons. The SMILES string of the molecule is CC(C)(C)c1cc(C(=O)Nc2cccc(C(F)(F)F)c2)n(Cc2ccccc2)n1. The van der Waals surface area contributed by atoms with E-state index in [1.807, 2.05) is 51.1 Å². The molecule has 0 spiro atoms. The Kier molecular flexibility index (Phi) is 5.50. The molecule has 0 saturated carbocycles. The molecule has 2 aromatic carbocycles. The van der Waals surface area contributed by atoms with Gasteiger partial charge in [-0.15, -0.1) is 0 Å². The third kappa shape index (κ3) is 5.04. The van der Waals surface area contributed by atoms with E-state index in [4.69, 9.17) is 0 Å². The highest BCUT2D eigenvalue weighted by Crippen LogP contribution is 2.31. The standard InChI is InChI=1S/C22H22F3N3O/c1-21(2,3)19-13-18(28(27-19)14-15-8-5-4-6-9-15)20(29)26-17-11-7-10-16(12-17)22(23,24)25/h4-13H,14H2,1-3H3,(H,26,29). The van der Waals surface area contributed by atoms with Gasteiger partial charge >= 0.3 is 6.18 Å². The molecular weight excluding hydrogens is 379 g/mol. The molecule has 0 radical (unpaired) electrons. The lowest BCUT2D eigenvalue weighted by Crippen LogP contribution is -2.18. The first-order valence-corrected chi connectivity index (χ1v) is 9.15. The van der Waals surface area contributed by atoms with Crippen molar-refractivity contribution in [3.05, 3.63) is 83.2 Å². The summed E-state index contributed by atoms with van der Waals surface area (Å²) in [6.45, 7) is 6.33. The summed E-state index contributed by atoms with van der Waals surface area (Å²) in [6, 6.07) is 15.8. The van der Waals surface area contributed by atoms with Gasteiger partial charge in [0.1, 0.15) is 5.69 Å². The number of benzene rings is 2. The summed E-state index contributed by atoms with van der Waals surface area (Å²) in [5.41, 5.74) is 0.953.